The quantitative estimate of drug-likeness (QED) is 0.255. The lowest BCUT2D eigenvalue weighted by atomic mass is 9.79. The van der Waals surface area contributed by atoms with Gasteiger partial charge in [0.2, 0.25) is 0 Å². The fourth-order valence-electron chi connectivity index (χ4n) is 4.72. The highest BCUT2D eigenvalue weighted by Crippen LogP contribution is 2.38. The van der Waals surface area contributed by atoms with Crippen molar-refractivity contribution in [1.29, 1.82) is 0 Å². The molecule has 0 saturated carbocycles. The lowest BCUT2D eigenvalue weighted by Gasteiger charge is -2.32. The van der Waals surface area contributed by atoms with Crippen molar-refractivity contribution in [3.8, 4) is 0 Å². The van der Waals surface area contributed by atoms with Crippen LogP contribution in [-0.2, 0) is 9.31 Å². The number of nitrogens with zero attached hydrogens (tertiary/aromatic N) is 2. The van der Waals surface area contributed by atoms with Crippen LogP contribution in [-0.4, -0.2) is 29.5 Å². The Balaban J connectivity index is 1.48. The first-order chi connectivity index (χ1) is 18.9. The molecule has 1 heterocycles. The first-order valence-corrected chi connectivity index (χ1v) is 13.5. The first kappa shape index (κ1) is 27.5. The summed E-state index contributed by atoms with van der Waals surface area (Å²) >= 11 is 0. The van der Waals surface area contributed by atoms with Crippen molar-refractivity contribution in [2.24, 2.45) is 0 Å². The molecular weight excluding hydrogens is 499 g/mol. The summed E-state index contributed by atoms with van der Waals surface area (Å²) in [5.41, 5.74) is 6.42. The van der Waals surface area contributed by atoms with E-state index in [0.717, 1.165) is 28.1 Å². The third-order valence-corrected chi connectivity index (χ3v) is 7.82. The smallest absolute Gasteiger partial charge is 0.464 e. The van der Waals surface area contributed by atoms with E-state index in [1.165, 1.54) is 10.5 Å². The lowest BCUT2D eigenvalue weighted by Crippen LogP contribution is -2.41. The molecule has 1 N–H and O–H groups in total. The van der Waals surface area contributed by atoms with Crippen molar-refractivity contribution in [1.82, 2.24) is 0 Å². The second kappa shape index (κ2) is 10.5. The van der Waals surface area contributed by atoms with Gasteiger partial charge >= 0.3 is 13.2 Å². The van der Waals surface area contributed by atoms with Crippen molar-refractivity contribution < 1.29 is 19.2 Å². The Kier molecular flexibility index (Phi) is 7.21. The highest BCUT2D eigenvalue weighted by atomic mass is 16.7. The highest BCUT2D eigenvalue weighted by Gasteiger charge is 2.51. The summed E-state index contributed by atoms with van der Waals surface area (Å²) in [4.78, 5) is 15.6. The van der Waals surface area contributed by atoms with Crippen LogP contribution in [0.5, 0.6) is 0 Å². The molecule has 204 valence electrons. The van der Waals surface area contributed by atoms with Gasteiger partial charge in [0.05, 0.1) is 22.6 Å². The molecule has 0 atom stereocenters. The van der Waals surface area contributed by atoms with Gasteiger partial charge < -0.3 is 19.3 Å². The summed E-state index contributed by atoms with van der Waals surface area (Å²) in [6.45, 7) is 12.2. The summed E-state index contributed by atoms with van der Waals surface area (Å²) in [7, 11) is -0.435. The van der Waals surface area contributed by atoms with Crippen molar-refractivity contribution in [3.05, 3.63) is 108 Å². The van der Waals surface area contributed by atoms with Gasteiger partial charge in [-0.3, -0.25) is 0 Å². The molecule has 1 aliphatic rings. The van der Waals surface area contributed by atoms with Gasteiger partial charge in [0, 0.05) is 17.1 Å². The number of carbonyl (C=O) groups is 1. The van der Waals surface area contributed by atoms with E-state index in [1.54, 1.807) is 0 Å². The molecule has 6 nitrogen and oxygen atoms in total. The maximum absolute atomic E-state index is 12.2. The minimum Gasteiger partial charge on any atom is -0.464 e. The second-order valence-corrected chi connectivity index (χ2v) is 11.3. The molecular formula is C33H35BN2O4. The summed E-state index contributed by atoms with van der Waals surface area (Å²) in [6, 6.07) is 31.5. The Morgan fingerprint density at radius 2 is 0.925 bits per heavy atom. The Labute approximate surface area is 236 Å². The molecule has 4 aromatic carbocycles. The van der Waals surface area contributed by atoms with E-state index in [-0.39, 0.29) is 0 Å². The average molecular weight is 534 g/mol. The molecule has 1 saturated heterocycles. The second-order valence-electron chi connectivity index (χ2n) is 11.3. The van der Waals surface area contributed by atoms with Gasteiger partial charge in [0.25, 0.3) is 0 Å². The third-order valence-electron chi connectivity index (χ3n) is 7.82. The number of amides is 1. The van der Waals surface area contributed by atoms with Gasteiger partial charge in [-0.15, -0.1) is 0 Å². The van der Waals surface area contributed by atoms with E-state index in [0.29, 0.717) is 11.4 Å². The van der Waals surface area contributed by atoms with E-state index >= 15 is 0 Å². The van der Waals surface area contributed by atoms with Gasteiger partial charge in [-0.2, -0.15) is 0 Å². The van der Waals surface area contributed by atoms with Crippen LogP contribution in [0.1, 0.15) is 38.8 Å². The van der Waals surface area contributed by atoms with Crippen LogP contribution in [0, 0.1) is 13.8 Å². The van der Waals surface area contributed by atoms with Crippen LogP contribution >= 0.6 is 0 Å². The van der Waals surface area contributed by atoms with Crippen molar-refractivity contribution in [2.75, 3.05) is 9.80 Å². The fourth-order valence-corrected chi connectivity index (χ4v) is 4.72. The van der Waals surface area contributed by atoms with E-state index in [4.69, 9.17) is 9.31 Å². The first-order valence-electron chi connectivity index (χ1n) is 13.5. The summed E-state index contributed by atoms with van der Waals surface area (Å²) < 4.78 is 12.5. The number of aryl methyl sites for hydroxylation is 2. The number of carboxylic acid groups (broad SMARTS) is 1. The van der Waals surface area contributed by atoms with Crippen LogP contribution in [0.15, 0.2) is 97.1 Å². The maximum atomic E-state index is 12.2. The van der Waals surface area contributed by atoms with Crippen LogP contribution in [0.25, 0.3) is 0 Å². The Bertz CT molecular complexity index is 1470. The molecule has 7 heteroatoms. The monoisotopic (exact) mass is 534 g/mol. The fraction of sp³-hybridized carbons (Fsp3) is 0.242. The predicted octanol–water partition coefficient (Wildman–Crippen LogP) is 7.89. The number of rotatable bonds is 6. The molecule has 0 aromatic heterocycles. The zero-order valence-corrected chi connectivity index (χ0v) is 23.9. The molecule has 0 spiro atoms. The predicted molar refractivity (Wildman–Crippen MR) is 163 cm³/mol. The highest BCUT2D eigenvalue weighted by molar-refractivity contribution is 6.62. The maximum Gasteiger partial charge on any atom is 0.494 e. The van der Waals surface area contributed by atoms with Crippen molar-refractivity contribution >= 4 is 47.1 Å². The molecule has 0 bridgehead atoms. The van der Waals surface area contributed by atoms with Crippen LogP contribution < -0.4 is 15.3 Å². The molecule has 1 fully saturated rings. The molecule has 5 rings (SSSR count). The molecule has 4 aromatic rings. The summed E-state index contributed by atoms with van der Waals surface area (Å²) in [6.07, 6.45) is -1.04. The minimum absolute atomic E-state index is 0.408. The lowest BCUT2D eigenvalue weighted by molar-refractivity contribution is 0.00578. The Morgan fingerprint density at radius 1 is 0.600 bits per heavy atom. The summed E-state index contributed by atoms with van der Waals surface area (Å²) in [5, 5.41) is 9.99. The van der Waals surface area contributed by atoms with E-state index in [1.807, 2.05) is 67.6 Å². The standard InChI is InChI=1S/C33H35BN2O4/c1-23-7-13-26(14-8-23)35(27-17-11-25(12-18-27)34-39-32(3,4)33(5,6)40-34)28-19-21-30(22-20-28)36(31(37)38)29-15-9-24(2)10-16-29/h7-22H,1-6H3,(H,37,38). The van der Waals surface area contributed by atoms with Crippen LogP contribution in [0.2, 0.25) is 0 Å². The molecule has 0 unspecified atom stereocenters. The average Bonchev–Trinajstić information content (AvgIpc) is 3.14. The van der Waals surface area contributed by atoms with Crippen LogP contribution in [0.3, 0.4) is 0 Å². The zero-order chi connectivity index (χ0) is 28.7. The van der Waals surface area contributed by atoms with Crippen LogP contribution in [0.4, 0.5) is 33.2 Å². The topological polar surface area (TPSA) is 62.2 Å². The third kappa shape index (κ3) is 5.35. The molecule has 0 aliphatic carbocycles. The molecule has 1 amide bonds. The van der Waals surface area contributed by atoms with Gasteiger partial charge in [-0.25, -0.2) is 9.69 Å². The molecule has 1 aliphatic heterocycles. The number of hydrogen-bond acceptors (Lipinski definition) is 4. The number of benzene rings is 4. The zero-order valence-electron chi connectivity index (χ0n) is 23.9. The van der Waals surface area contributed by atoms with Crippen molar-refractivity contribution in [2.45, 2.75) is 52.7 Å². The minimum atomic E-state index is -1.04. The largest absolute Gasteiger partial charge is 0.494 e. The van der Waals surface area contributed by atoms with Gasteiger partial charge in [-0.05, 0) is 108 Å². The normalized spacial score (nSPS) is 15.6. The summed E-state index contributed by atoms with van der Waals surface area (Å²) in [5.74, 6) is 0. The van der Waals surface area contributed by atoms with E-state index in [9.17, 15) is 9.90 Å². The Hall–Kier alpha value is -4.07. The number of anilines is 5. The molecule has 40 heavy (non-hydrogen) atoms. The Morgan fingerprint density at radius 3 is 1.32 bits per heavy atom. The SMILES string of the molecule is Cc1ccc(N(C(=O)O)c2ccc(N(c3ccc(C)cc3)c3ccc(B4OC(C)(C)C(C)(C)O4)cc3)cc2)cc1. The van der Waals surface area contributed by atoms with Gasteiger partial charge in [-0.1, -0.05) is 47.5 Å². The van der Waals surface area contributed by atoms with Gasteiger partial charge in [0.1, 0.15) is 0 Å². The molecule has 0 radical (unpaired) electrons. The van der Waals surface area contributed by atoms with Crippen molar-refractivity contribution in [3.63, 3.8) is 0 Å². The van der Waals surface area contributed by atoms with E-state index in [2.05, 4.69) is 75.9 Å². The number of hydrogen-bond donors (Lipinski definition) is 1. The van der Waals surface area contributed by atoms with Gasteiger partial charge in [0.15, 0.2) is 0 Å². The van der Waals surface area contributed by atoms with E-state index < -0.39 is 24.4 Å².